The quantitative estimate of drug-likeness (QED) is 0.777. The molecule has 21 heavy (non-hydrogen) atoms. The molecule has 0 saturated heterocycles. The SMILES string of the molecule is Cc1c(-c2nc(-c3ccccc3)c(Br)c(=O)[nH]2)cnn1C. The van der Waals surface area contributed by atoms with Gasteiger partial charge in [0.05, 0.1) is 17.5 Å². The van der Waals surface area contributed by atoms with Crippen LogP contribution in [0.15, 0.2) is 45.8 Å². The predicted octanol–water partition coefficient (Wildman–Crippen LogP) is 2.91. The molecule has 1 N–H and O–H groups in total. The van der Waals surface area contributed by atoms with Crippen LogP contribution in [0, 0.1) is 6.92 Å². The normalized spacial score (nSPS) is 10.8. The summed E-state index contributed by atoms with van der Waals surface area (Å²) in [5.74, 6) is 0.521. The van der Waals surface area contributed by atoms with Crippen LogP contribution >= 0.6 is 15.9 Å². The minimum atomic E-state index is -0.206. The van der Waals surface area contributed by atoms with Crippen LogP contribution in [0.1, 0.15) is 5.69 Å². The Morgan fingerprint density at radius 3 is 2.57 bits per heavy atom. The van der Waals surface area contributed by atoms with Gasteiger partial charge < -0.3 is 4.98 Å². The van der Waals surface area contributed by atoms with E-state index >= 15 is 0 Å². The smallest absolute Gasteiger partial charge is 0.266 e. The molecular formula is C15H13BrN4O. The molecule has 0 aliphatic heterocycles. The first kappa shape index (κ1) is 13.8. The van der Waals surface area contributed by atoms with E-state index in [4.69, 9.17) is 0 Å². The highest BCUT2D eigenvalue weighted by Crippen LogP contribution is 2.26. The molecule has 2 heterocycles. The van der Waals surface area contributed by atoms with Gasteiger partial charge in [-0.05, 0) is 22.9 Å². The summed E-state index contributed by atoms with van der Waals surface area (Å²) in [5.41, 5.74) is 3.07. The molecule has 0 fully saturated rings. The maximum absolute atomic E-state index is 12.2. The minimum Gasteiger partial charge on any atom is -0.305 e. The van der Waals surface area contributed by atoms with E-state index in [1.807, 2.05) is 44.3 Å². The first-order valence-electron chi connectivity index (χ1n) is 6.42. The van der Waals surface area contributed by atoms with Gasteiger partial charge in [-0.3, -0.25) is 9.48 Å². The molecule has 0 spiro atoms. The first-order valence-corrected chi connectivity index (χ1v) is 7.21. The van der Waals surface area contributed by atoms with Crippen molar-refractivity contribution < 1.29 is 0 Å². The Morgan fingerprint density at radius 2 is 1.95 bits per heavy atom. The number of aromatic nitrogens is 4. The van der Waals surface area contributed by atoms with Gasteiger partial charge in [0.1, 0.15) is 10.3 Å². The van der Waals surface area contributed by atoms with Gasteiger partial charge in [0.15, 0.2) is 0 Å². The topological polar surface area (TPSA) is 63.6 Å². The number of halogens is 1. The van der Waals surface area contributed by atoms with Crippen LogP contribution in [0.4, 0.5) is 0 Å². The fourth-order valence-corrected chi connectivity index (χ4v) is 2.52. The molecule has 0 bridgehead atoms. The zero-order valence-corrected chi connectivity index (χ0v) is 13.2. The van der Waals surface area contributed by atoms with Gasteiger partial charge in [-0.15, -0.1) is 0 Å². The Labute approximate surface area is 129 Å². The molecule has 5 nitrogen and oxygen atoms in total. The van der Waals surface area contributed by atoms with Gasteiger partial charge in [-0.1, -0.05) is 30.3 Å². The van der Waals surface area contributed by atoms with E-state index in [0.717, 1.165) is 16.8 Å². The van der Waals surface area contributed by atoms with E-state index < -0.39 is 0 Å². The van der Waals surface area contributed by atoms with Gasteiger partial charge in [0.25, 0.3) is 5.56 Å². The van der Waals surface area contributed by atoms with Crippen molar-refractivity contribution in [2.75, 3.05) is 0 Å². The number of nitrogens with zero attached hydrogens (tertiary/aromatic N) is 3. The van der Waals surface area contributed by atoms with Gasteiger partial charge in [0.2, 0.25) is 0 Å². The first-order chi connectivity index (χ1) is 10.1. The van der Waals surface area contributed by atoms with Crippen molar-refractivity contribution in [1.82, 2.24) is 19.7 Å². The second kappa shape index (κ2) is 5.29. The second-order valence-corrected chi connectivity index (χ2v) is 5.50. The third kappa shape index (κ3) is 2.42. The molecule has 3 aromatic rings. The van der Waals surface area contributed by atoms with Crippen molar-refractivity contribution in [2.45, 2.75) is 6.92 Å². The van der Waals surface area contributed by atoms with E-state index in [2.05, 4.69) is 31.0 Å². The van der Waals surface area contributed by atoms with E-state index in [1.54, 1.807) is 10.9 Å². The molecule has 0 amide bonds. The average molecular weight is 345 g/mol. The Hall–Kier alpha value is -2.21. The number of aromatic amines is 1. The molecule has 0 saturated carbocycles. The summed E-state index contributed by atoms with van der Waals surface area (Å²) in [6, 6.07) is 9.61. The van der Waals surface area contributed by atoms with Gasteiger partial charge in [0, 0.05) is 18.3 Å². The Morgan fingerprint density at radius 1 is 1.24 bits per heavy atom. The monoisotopic (exact) mass is 344 g/mol. The van der Waals surface area contributed by atoms with E-state index in [1.165, 1.54) is 0 Å². The number of aryl methyl sites for hydroxylation is 1. The van der Waals surface area contributed by atoms with Crippen molar-refractivity contribution in [1.29, 1.82) is 0 Å². The molecule has 6 heteroatoms. The number of hydrogen-bond acceptors (Lipinski definition) is 3. The van der Waals surface area contributed by atoms with Crippen LogP contribution in [0.3, 0.4) is 0 Å². The summed E-state index contributed by atoms with van der Waals surface area (Å²) in [6.07, 6.45) is 1.70. The van der Waals surface area contributed by atoms with Crippen LogP contribution in [0.2, 0.25) is 0 Å². The molecule has 0 aliphatic rings. The summed E-state index contributed by atoms with van der Waals surface area (Å²) in [7, 11) is 1.86. The van der Waals surface area contributed by atoms with Crippen molar-refractivity contribution in [3.05, 3.63) is 57.0 Å². The van der Waals surface area contributed by atoms with Crippen LogP contribution in [-0.4, -0.2) is 19.7 Å². The summed E-state index contributed by atoms with van der Waals surface area (Å²) < 4.78 is 2.18. The van der Waals surface area contributed by atoms with Gasteiger partial charge in [-0.25, -0.2) is 4.98 Å². The van der Waals surface area contributed by atoms with Crippen molar-refractivity contribution >= 4 is 15.9 Å². The molecular weight excluding hydrogens is 332 g/mol. The third-order valence-corrected chi connectivity index (χ3v) is 4.14. The number of H-pyrrole nitrogens is 1. The molecule has 3 rings (SSSR count). The van der Waals surface area contributed by atoms with Crippen LogP contribution in [-0.2, 0) is 7.05 Å². The summed E-state index contributed by atoms with van der Waals surface area (Å²) in [4.78, 5) is 19.5. The minimum absolute atomic E-state index is 0.206. The predicted molar refractivity (Wildman–Crippen MR) is 84.9 cm³/mol. The summed E-state index contributed by atoms with van der Waals surface area (Å²) in [5, 5.41) is 4.19. The van der Waals surface area contributed by atoms with E-state index in [-0.39, 0.29) is 5.56 Å². The molecule has 1 aromatic carbocycles. The highest BCUT2D eigenvalue weighted by molar-refractivity contribution is 9.10. The van der Waals surface area contributed by atoms with Crippen molar-refractivity contribution in [2.24, 2.45) is 7.05 Å². The highest BCUT2D eigenvalue weighted by atomic mass is 79.9. The lowest BCUT2D eigenvalue weighted by Gasteiger charge is -2.06. The lowest BCUT2D eigenvalue weighted by Crippen LogP contribution is -2.12. The number of rotatable bonds is 2. The van der Waals surface area contributed by atoms with Gasteiger partial charge >= 0.3 is 0 Å². The Bertz CT molecular complexity index is 852. The molecule has 0 unspecified atom stereocenters. The van der Waals surface area contributed by atoms with Crippen LogP contribution < -0.4 is 5.56 Å². The Kier molecular flexibility index (Phi) is 3.47. The van der Waals surface area contributed by atoms with Crippen molar-refractivity contribution in [3.8, 4) is 22.6 Å². The van der Waals surface area contributed by atoms with Crippen LogP contribution in [0.5, 0.6) is 0 Å². The fraction of sp³-hybridized carbons (Fsp3) is 0.133. The maximum atomic E-state index is 12.2. The largest absolute Gasteiger partial charge is 0.305 e. The highest BCUT2D eigenvalue weighted by Gasteiger charge is 2.15. The molecule has 0 aliphatic carbocycles. The number of nitrogens with one attached hydrogen (secondary N) is 1. The van der Waals surface area contributed by atoms with E-state index in [9.17, 15) is 4.79 Å². The zero-order chi connectivity index (χ0) is 15.0. The summed E-state index contributed by atoms with van der Waals surface area (Å²) in [6.45, 7) is 1.94. The van der Waals surface area contributed by atoms with Crippen molar-refractivity contribution in [3.63, 3.8) is 0 Å². The molecule has 0 radical (unpaired) electrons. The Balaban J connectivity index is 2.24. The number of hydrogen-bond donors (Lipinski definition) is 1. The molecule has 2 aromatic heterocycles. The lowest BCUT2D eigenvalue weighted by atomic mass is 10.1. The third-order valence-electron chi connectivity index (χ3n) is 3.40. The zero-order valence-electron chi connectivity index (χ0n) is 11.6. The fourth-order valence-electron chi connectivity index (χ4n) is 2.10. The number of benzene rings is 1. The second-order valence-electron chi connectivity index (χ2n) is 4.71. The van der Waals surface area contributed by atoms with E-state index in [0.29, 0.717) is 16.0 Å². The lowest BCUT2D eigenvalue weighted by molar-refractivity contribution is 0.740. The average Bonchev–Trinajstić information content (AvgIpc) is 2.83. The molecule has 0 atom stereocenters. The summed E-state index contributed by atoms with van der Waals surface area (Å²) >= 11 is 3.32. The maximum Gasteiger partial charge on any atom is 0.266 e. The standard InChI is InChI=1S/C15H13BrN4O/c1-9-11(8-17-20(9)2)14-18-13(12(16)15(21)19-14)10-6-4-3-5-7-10/h3-8H,1-2H3,(H,18,19,21). The molecule has 106 valence electrons. The van der Waals surface area contributed by atoms with Gasteiger partial charge in [-0.2, -0.15) is 5.10 Å². The van der Waals surface area contributed by atoms with Crippen LogP contribution in [0.25, 0.3) is 22.6 Å².